The molecule has 1 atom stereocenters. The van der Waals surface area contributed by atoms with Crippen LogP contribution in [0.5, 0.6) is 0 Å². The number of aryl methyl sites for hydroxylation is 1. The smallest absolute Gasteiger partial charge is 0.0672 e. The Morgan fingerprint density at radius 1 is 1.20 bits per heavy atom. The third-order valence-corrected chi connectivity index (χ3v) is 2.74. The summed E-state index contributed by atoms with van der Waals surface area (Å²) >= 11 is 0. The minimum absolute atomic E-state index is 0.0856. The first-order chi connectivity index (χ1) is 7.02. The largest absolute Gasteiger partial charge is 0.324 e. The molecule has 2 N–H and O–H groups in total. The highest BCUT2D eigenvalue weighted by molar-refractivity contribution is 5.30. The van der Waals surface area contributed by atoms with Crippen molar-refractivity contribution >= 4 is 0 Å². The van der Waals surface area contributed by atoms with Gasteiger partial charge in [0.1, 0.15) is 0 Å². The summed E-state index contributed by atoms with van der Waals surface area (Å²) in [7, 11) is 0. The van der Waals surface area contributed by atoms with Crippen LogP contribution in [0.4, 0.5) is 0 Å². The summed E-state index contributed by atoms with van der Waals surface area (Å²) < 4.78 is 2.12. The number of hydrogen-bond donors (Lipinski definition) is 1. The summed E-state index contributed by atoms with van der Waals surface area (Å²) in [6.45, 7) is 10.7. The average Bonchev–Trinajstić information content (AvgIpc) is 2.55. The fraction of sp³-hybridized carbons (Fsp3) is 0.750. The van der Waals surface area contributed by atoms with Gasteiger partial charge in [0.25, 0.3) is 0 Å². The van der Waals surface area contributed by atoms with E-state index in [9.17, 15) is 0 Å². The highest BCUT2D eigenvalue weighted by Gasteiger charge is 2.19. The van der Waals surface area contributed by atoms with Gasteiger partial charge in [0, 0.05) is 23.3 Å². The van der Waals surface area contributed by atoms with E-state index in [2.05, 4.69) is 37.5 Å². The Morgan fingerprint density at radius 2 is 1.80 bits per heavy atom. The molecule has 0 aromatic carbocycles. The fourth-order valence-electron chi connectivity index (χ4n) is 2.10. The SMILES string of the molecule is CCc1nn(C(C)C)c(CC)c1C(C)N. The van der Waals surface area contributed by atoms with Gasteiger partial charge in [-0.2, -0.15) is 5.10 Å². The second-order valence-electron chi connectivity index (χ2n) is 4.34. The number of nitrogens with zero attached hydrogens (tertiary/aromatic N) is 2. The van der Waals surface area contributed by atoms with Gasteiger partial charge in [-0.25, -0.2) is 0 Å². The van der Waals surface area contributed by atoms with Crippen LogP contribution in [0, 0.1) is 0 Å². The number of hydrogen-bond acceptors (Lipinski definition) is 2. The lowest BCUT2D eigenvalue weighted by Gasteiger charge is -2.12. The van der Waals surface area contributed by atoms with Crippen LogP contribution in [0.3, 0.4) is 0 Å². The maximum absolute atomic E-state index is 6.03. The Kier molecular flexibility index (Phi) is 3.91. The molecule has 0 fully saturated rings. The highest BCUT2D eigenvalue weighted by atomic mass is 15.3. The van der Waals surface area contributed by atoms with Crippen molar-refractivity contribution in [3.8, 4) is 0 Å². The van der Waals surface area contributed by atoms with Crippen molar-refractivity contribution in [2.45, 2.75) is 59.5 Å². The van der Waals surface area contributed by atoms with Gasteiger partial charge in [-0.15, -0.1) is 0 Å². The van der Waals surface area contributed by atoms with Gasteiger partial charge in [-0.05, 0) is 33.6 Å². The van der Waals surface area contributed by atoms with E-state index in [1.807, 2.05) is 6.92 Å². The van der Waals surface area contributed by atoms with Gasteiger partial charge in [-0.1, -0.05) is 13.8 Å². The van der Waals surface area contributed by atoms with Crippen LogP contribution < -0.4 is 5.73 Å². The Balaban J connectivity index is 3.32. The molecule has 86 valence electrons. The number of nitrogens with two attached hydrogens (primary N) is 1. The first-order valence-electron chi connectivity index (χ1n) is 5.88. The first kappa shape index (κ1) is 12.2. The molecule has 1 aromatic rings. The second-order valence-corrected chi connectivity index (χ2v) is 4.34. The summed E-state index contributed by atoms with van der Waals surface area (Å²) in [5, 5.41) is 4.66. The van der Waals surface area contributed by atoms with Gasteiger partial charge in [-0.3, -0.25) is 4.68 Å². The van der Waals surface area contributed by atoms with Crippen molar-refractivity contribution in [1.29, 1.82) is 0 Å². The summed E-state index contributed by atoms with van der Waals surface area (Å²) in [5.74, 6) is 0. The molecule has 1 aromatic heterocycles. The van der Waals surface area contributed by atoms with Crippen LogP contribution in [0.2, 0.25) is 0 Å². The van der Waals surface area contributed by atoms with Crippen molar-refractivity contribution in [2.24, 2.45) is 5.73 Å². The topological polar surface area (TPSA) is 43.8 Å². The predicted molar refractivity (Wildman–Crippen MR) is 64.0 cm³/mol. The molecule has 15 heavy (non-hydrogen) atoms. The molecule has 1 heterocycles. The highest BCUT2D eigenvalue weighted by Crippen LogP contribution is 2.24. The fourth-order valence-corrected chi connectivity index (χ4v) is 2.10. The van der Waals surface area contributed by atoms with Crippen molar-refractivity contribution < 1.29 is 0 Å². The monoisotopic (exact) mass is 209 g/mol. The van der Waals surface area contributed by atoms with Crippen LogP contribution in [0.15, 0.2) is 0 Å². The predicted octanol–water partition coefficient (Wildman–Crippen LogP) is 2.61. The Labute approximate surface area is 92.7 Å². The molecule has 1 unspecified atom stereocenters. The third-order valence-electron chi connectivity index (χ3n) is 2.74. The zero-order valence-corrected chi connectivity index (χ0v) is 10.5. The molecule has 0 spiro atoms. The number of aromatic nitrogens is 2. The summed E-state index contributed by atoms with van der Waals surface area (Å²) in [5.41, 5.74) is 9.75. The maximum Gasteiger partial charge on any atom is 0.0672 e. The first-order valence-corrected chi connectivity index (χ1v) is 5.88. The average molecular weight is 209 g/mol. The van der Waals surface area contributed by atoms with Crippen LogP contribution in [-0.4, -0.2) is 9.78 Å². The molecule has 1 rings (SSSR count). The molecule has 0 amide bonds. The lowest BCUT2D eigenvalue weighted by molar-refractivity contribution is 0.506. The quantitative estimate of drug-likeness (QED) is 0.828. The Bertz CT molecular complexity index is 324. The van der Waals surface area contributed by atoms with Crippen molar-refractivity contribution in [1.82, 2.24) is 9.78 Å². The van der Waals surface area contributed by atoms with Crippen LogP contribution in [0.25, 0.3) is 0 Å². The van der Waals surface area contributed by atoms with E-state index in [1.165, 1.54) is 11.3 Å². The van der Waals surface area contributed by atoms with Gasteiger partial charge in [0.2, 0.25) is 0 Å². The lowest BCUT2D eigenvalue weighted by atomic mass is 10.0. The van der Waals surface area contributed by atoms with E-state index >= 15 is 0 Å². The Morgan fingerprint density at radius 3 is 2.13 bits per heavy atom. The van der Waals surface area contributed by atoms with Crippen LogP contribution >= 0.6 is 0 Å². The van der Waals surface area contributed by atoms with Crippen LogP contribution in [-0.2, 0) is 12.8 Å². The summed E-state index contributed by atoms with van der Waals surface area (Å²) in [6, 6.07) is 0.500. The minimum atomic E-state index is 0.0856. The molecular formula is C12H23N3. The van der Waals surface area contributed by atoms with Gasteiger partial charge >= 0.3 is 0 Å². The second kappa shape index (κ2) is 4.79. The van der Waals surface area contributed by atoms with Crippen molar-refractivity contribution in [2.75, 3.05) is 0 Å². The van der Waals surface area contributed by atoms with Crippen molar-refractivity contribution in [3.05, 3.63) is 17.0 Å². The molecule has 3 heteroatoms. The molecule has 0 aliphatic rings. The minimum Gasteiger partial charge on any atom is -0.324 e. The van der Waals surface area contributed by atoms with E-state index < -0.39 is 0 Å². The van der Waals surface area contributed by atoms with E-state index in [0.717, 1.165) is 18.5 Å². The van der Waals surface area contributed by atoms with E-state index in [1.54, 1.807) is 0 Å². The molecule has 0 aliphatic heterocycles. The zero-order valence-electron chi connectivity index (χ0n) is 10.5. The molecule has 0 saturated heterocycles. The van der Waals surface area contributed by atoms with Crippen LogP contribution in [0.1, 0.15) is 63.7 Å². The molecule has 0 aliphatic carbocycles. The molecule has 3 nitrogen and oxygen atoms in total. The van der Waals surface area contributed by atoms with Gasteiger partial charge < -0.3 is 5.73 Å². The van der Waals surface area contributed by atoms with Gasteiger partial charge in [0.05, 0.1) is 5.69 Å². The zero-order chi connectivity index (χ0) is 11.6. The van der Waals surface area contributed by atoms with Crippen molar-refractivity contribution in [3.63, 3.8) is 0 Å². The third kappa shape index (κ3) is 2.23. The standard InChI is InChI=1S/C12H23N3/c1-6-10-12(9(5)13)11(7-2)15(14-10)8(3)4/h8-9H,6-7,13H2,1-5H3. The summed E-state index contributed by atoms with van der Waals surface area (Å²) in [6.07, 6.45) is 1.96. The maximum atomic E-state index is 6.03. The molecule has 0 saturated carbocycles. The summed E-state index contributed by atoms with van der Waals surface area (Å²) in [4.78, 5) is 0. The Hall–Kier alpha value is -0.830. The van der Waals surface area contributed by atoms with Gasteiger partial charge in [0.15, 0.2) is 0 Å². The molecular weight excluding hydrogens is 186 g/mol. The van der Waals surface area contributed by atoms with E-state index in [-0.39, 0.29) is 6.04 Å². The lowest BCUT2D eigenvalue weighted by Crippen LogP contribution is -2.11. The van der Waals surface area contributed by atoms with E-state index in [0.29, 0.717) is 6.04 Å². The normalized spacial score (nSPS) is 13.5. The molecule has 0 radical (unpaired) electrons. The number of rotatable bonds is 4. The molecule has 0 bridgehead atoms. The van der Waals surface area contributed by atoms with E-state index in [4.69, 9.17) is 5.73 Å².